The molecule has 1 N–H and O–H groups in total. The van der Waals surface area contributed by atoms with E-state index < -0.39 is 17.7 Å². The van der Waals surface area contributed by atoms with Gasteiger partial charge in [0.05, 0.1) is 6.20 Å². The second kappa shape index (κ2) is 5.59. The van der Waals surface area contributed by atoms with Gasteiger partial charge < -0.3 is 19.7 Å². The molecular formula is C14H19N3O4. The number of ether oxygens (including phenoxy) is 2. The number of anilines is 1. The molecule has 1 atom stereocenters. The highest BCUT2D eigenvalue weighted by Gasteiger charge is 2.31. The molecule has 2 rings (SSSR count). The van der Waals surface area contributed by atoms with Crippen molar-refractivity contribution in [3.05, 3.63) is 18.5 Å². The lowest BCUT2D eigenvalue weighted by molar-refractivity contribution is -0.120. The predicted molar refractivity (Wildman–Crippen MR) is 76.3 cm³/mol. The molecule has 0 spiro atoms. The number of fused-ring (bicyclic) bond motifs is 1. The van der Waals surface area contributed by atoms with Crippen LogP contribution < -0.4 is 15.0 Å². The van der Waals surface area contributed by atoms with Crippen LogP contribution in [-0.2, 0) is 9.53 Å². The largest absolute Gasteiger partial charge is 0.489 e. The summed E-state index contributed by atoms with van der Waals surface area (Å²) in [4.78, 5) is 29.5. The zero-order valence-electron chi connectivity index (χ0n) is 12.5. The molecule has 0 fully saturated rings. The number of nitrogens with one attached hydrogen (secondary N) is 1. The fourth-order valence-corrected chi connectivity index (χ4v) is 1.90. The predicted octanol–water partition coefficient (Wildman–Crippen LogP) is 1.33. The van der Waals surface area contributed by atoms with Gasteiger partial charge in [0.15, 0.2) is 0 Å². The van der Waals surface area contributed by atoms with E-state index in [2.05, 4.69) is 10.3 Å². The molecule has 0 aliphatic carbocycles. The number of amides is 2. The van der Waals surface area contributed by atoms with E-state index >= 15 is 0 Å². The number of nitrogens with zero attached hydrogens (tertiary/aromatic N) is 2. The van der Waals surface area contributed by atoms with E-state index in [1.165, 1.54) is 4.90 Å². The van der Waals surface area contributed by atoms with Gasteiger partial charge in [0.2, 0.25) is 0 Å². The van der Waals surface area contributed by atoms with E-state index in [1.807, 2.05) is 0 Å². The first-order chi connectivity index (χ1) is 9.78. The molecule has 0 aromatic carbocycles. The van der Waals surface area contributed by atoms with Crippen LogP contribution in [0.1, 0.15) is 20.8 Å². The van der Waals surface area contributed by atoms with E-state index in [0.717, 1.165) is 0 Å². The third kappa shape index (κ3) is 3.62. The van der Waals surface area contributed by atoms with Gasteiger partial charge in [-0.05, 0) is 20.8 Å². The zero-order valence-corrected chi connectivity index (χ0v) is 12.5. The van der Waals surface area contributed by atoms with Crippen LogP contribution in [0.3, 0.4) is 0 Å². The van der Waals surface area contributed by atoms with Gasteiger partial charge in [-0.25, -0.2) is 4.79 Å². The Kier molecular flexibility index (Phi) is 4.02. The van der Waals surface area contributed by atoms with Gasteiger partial charge in [-0.2, -0.15) is 0 Å². The van der Waals surface area contributed by atoms with Gasteiger partial charge in [-0.3, -0.25) is 9.78 Å². The zero-order chi connectivity index (χ0) is 15.6. The lowest BCUT2D eigenvalue weighted by Crippen LogP contribution is -2.50. The van der Waals surface area contributed by atoms with Gasteiger partial charge in [-0.15, -0.1) is 0 Å². The first-order valence-electron chi connectivity index (χ1n) is 6.62. The third-order valence-corrected chi connectivity index (χ3v) is 2.85. The van der Waals surface area contributed by atoms with Crippen LogP contribution in [0.5, 0.6) is 5.75 Å². The van der Waals surface area contributed by atoms with Crippen molar-refractivity contribution in [1.82, 2.24) is 10.3 Å². The van der Waals surface area contributed by atoms with Crippen LogP contribution in [0.15, 0.2) is 18.5 Å². The number of carbonyl (C=O) groups excluding carboxylic acids is 2. The highest BCUT2D eigenvalue weighted by atomic mass is 16.6. The molecule has 1 aromatic heterocycles. The number of pyridine rings is 1. The molecule has 2 heterocycles. The second-order valence-electron chi connectivity index (χ2n) is 5.75. The average molecular weight is 293 g/mol. The minimum atomic E-state index is -0.808. The van der Waals surface area contributed by atoms with Gasteiger partial charge in [-0.1, -0.05) is 0 Å². The van der Waals surface area contributed by atoms with Crippen molar-refractivity contribution in [2.75, 3.05) is 18.6 Å². The van der Waals surface area contributed by atoms with E-state index in [0.29, 0.717) is 11.4 Å². The number of hydrogen-bond donors (Lipinski definition) is 1. The van der Waals surface area contributed by atoms with Gasteiger partial charge in [0.1, 0.15) is 29.7 Å². The summed E-state index contributed by atoms with van der Waals surface area (Å²) in [6.45, 7) is 5.31. The normalized spacial score (nSPS) is 18.4. The molecule has 7 nitrogen and oxygen atoms in total. The Morgan fingerprint density at radius 2 is 2.24 bits per heavy atom. The molecule has 2 amide bonds. The molecule has 21 heavy (non-hydrogen) atoms. The summed E-state index contributed by atoms with van der Waals surface area (Å²) in [6, 6.07) is 0.867. The summed E-state index contributed by atoms with van der Waals surface area (Å²) in [7, 11) is 1.61. The second-order valence-corrected chi connectivity index (χ2v) is 5.75. The number of alkyl carbamates (subject to hydrolysis) is 1. The van der Waals surface area contributed by atoms with E-state index in [-0.39, 0.29) is 12.5 Å². The first kappa shape index (κ1) is 15.1. The number of carbonyl (C=O) groups is 2. The van der Waals surface area contributed by atoms with Crippen molar-refractivity contribution in [3.8, 4) is 5.75 Å². The summed E-state index contributed by atoms with van der Waals surface area (Å²) >= 11 is 0. The summed E-state index contributed by atoms with van der Waals surface area (Å²) in [5.74, 6) is 0.266. The Hall–Kier alpha value is -2.31. The van der Waals surface area contributed by atoms with Gasteiger partial charge in [0, 0.05) is 19.3 Å². The minimum Gasteiger partial charge on any atom is -0.489 e. The van der Waals surface area contributed by atoms with E-state index in [9.17, 15) is 9.59 Å². The fraction of sp³-hybridized carbons (Fsp3) is 0.500. The smallest absolute Gasteiger partial charge is 0.408 e. The van der Waals surface area contributed by atoms with Crippen molar-refractivity contribution in [3.63, 3.8) is 0 Å². The monoisotopic (exact) mass is 293 g/mol. The van der Waals surface area contributed by atoms with Crippen LogP contribution in [0.25, 0.3) is 0 Å². The van der Waals surface area contributed by atoms with Crippen LogP contribution >= 0.6 is 0 Å². The van der Waals surface area contributed by atoms with Crippen LogP contribution in [0.4, 0.5) is 10.5 Å². The molecule has 1 aliphatic heterocycles. The third-order valence-electron chi connectivity index (χ3n) is 2.85. The van der Waals surface area contributed by atoms with Crippen molar-refractivity contribution >= 4 is 17.7 Å². The quantitative estimate of drug-likeness (QED) is 0.845. The van der Waals surface area contributed by atoms with Crippen molar-refractivity contribution in [2.24, 2.45) is 0 Å². The lowest BCUT2D eigenvalue weighted by atomic mass is 10.2. The Morgan fingerprint density at radius 3 is 2.90 bits per heavy atom. The van der Waals surface area contributed by atoms with E-state index in [4.69, 9.17) is 9.47 Å². The highest BCUT2D eigenvalue weighted by molar-refractivity contribution is 6.00. The maximum atomic E-state index is 12.4. The van der Waals surface area contributed by atoms with Crippen molar-refractivity contribution in [1.29, 1.82) is 0 Å². The highest BCUT2D eigenvalue weighted by Crippen LogP contribution is 2.28. The Labute approximate surface area is 123 Å². The maximum absolute atomic E-state index is 12.4. The van der Waals surface area contributed by atoms with Crippen molar-refractivity contribution < 1.29 is 19.1 Å². The standard InChI is InChI=1S/C14H19N3O4/c1-14(2,3)21-13(19)16-9-8-20-11-5-6-15-7-10(11)17(4)12(9)18/h5-7,9H,8H2,1-4H3,(H,16,19)/t9-/m0/s1. The molecule has 7 heteroatoms. The van der Waals surface area contributed by atoms with E-state index in [1.54, 1.807) is 46.3 Å². The molecule has 0 saturated heterocycles. The lowest BCUT2D eigenvalue weighted by Gasteiger charge is -2.23. The molecule has 0 radical (unpaired) electrons. The SMILES string of the molecule is CN1C(=O)[C@@H](NC(=O)OC(C)(C)C)COc2ccncc21. The molecule has 0 saturated carbocycles. The molecule has 1 aliphatic rings. The Balaban J connectivity index is 2.11. The number of likely N-dealkylation sites (N-methyl/N-ethyl adjacent to an activating group) is 1. The summed E-state index contributed by atoms with van der Waals surface area (Å²) in [5, 5.41) is 2.53. The first-order valence-corrected chi connectivity index (χ1v) is 6.62. The molecule has 114 valence electrons. The summed E-state index contributed by atoms with van der Waals surface area (Å²) < 4.78 is 10.7. The fourth-order valence-electron chi connectivity index (χ4n) is 1.90. The Bertz CT molecular complexity index is 553. The van der Waals surface area contributed by atoms with Gasteiger partial charge >= 0.3 is 6.09 Å². The molecule has 1 aromatic rings. The van der Waals surface area contributed by atoms with Crippen LogP contribution in [0.2, 0.25) is 0 Å². The Morgan fingerprint density at radius 1 is 1.52 bits per heavy atom. The van der Waals surface area contributed by atoms with Crippen LogP contribution in [0, 0.1) is 0 Å². The minimum absolute atomic E-state index is 0.0411. The topological polar surface area (TPSA) is 80.8 Å². The van der Waals surface area contributed by atoms with Crippen LogP contribution in [-0.4, -0.2) is 42.3 Å². The molecular weight excluding hydrogens is 274 g/mol. The van der Waals surface area contributed by atoms with Crippen molar-refractivity contribution in [2.45, 2.75) is 32.4 Å². The number of rotatable bonds is 1. The summed E-state index contributed by atoms with van der Waals surface area (Å²) in [5.41, 5.74) is -0.0617. The maximum Gasteiger partial charge on any atom is 0.408 e. The van der Waals surface area contributed by atoms with Gasteiger partial charge in [0.25, 0.3) is 5.91 Å². The summed E-state index contributed by atoms with van der Waals surface area (Å²) in [6.07, 6.45) is 2.48. The molecule has 0 bridgehead atoms. The number of hydrogen-bond acceptors (Lipinski definition) is 5. The molecule has 0 unspecified atom stereocenters. The average Bonchev–Trinajstić information content (AvgIpc) is 2.50. The number of aromatic nitrogens is 1.